The predicted molar refractivity (Wildman–Crippen MR) is 62.5 cm³/mol. The molecule has 0 bridgehead atoms. The Morgan fingerprint density at radius 1 is 1.69 bits per heavy atom. The van der Waals surface area contributed by atoms with Gasteiger partial charge >= 0.3 is 0 Å². The van der Waals surface area contributed by atoms with E-state index in [4.69, 9.17) is 16.7 Å². The first-order valence-corrected chi connectivity index (χ1v) is 5.43. The summed E-state index contributed by atoms with van der Waals surface area (Å²) in [6.07, 6.45) is 1.63. The van der Waals surface area contributed by atoms with E-state index in [9.17, 15) is 4.79 Å². The van der Waals surface area contributed by atoms with Gasteiger partial charge in [0, 0.05) is 24.8 Å². The molecule has 1 aromatic rings. The Hall–Kier alpha value is -1.13. The number of pyridine rings is 1. The molecule has 5 heteroatoms. The van der Waals surface area contributed by atoms with Crippen molar-refractivity contribution in [3.8, 4) is 0 Å². The fourth-order valence-electron chi connectivity index (χ4n) is 1.20. The highest BCUT2D eigenvalue weighted by atomic mass is 35.5. The lowest BCUT2D eigenvalue weighted by Crippen LogP contribution is -2.30. The highest BCUT2D eigenvalue weighted by Crippen LogP contribution is 2.09. The van der Waals surface area contributed by atoms with E-state index in [1.165, 1.54) is 17.2 Å². The Kier molecular flexibility index (Phi) is 4.71. The summed E-state index contributed by atoms with van der Waals surface area (Å²) < 4.78 is 0. The lowest BCUT2D eigenvalue weighted by Gasteiger charge is -2.17. The fraction of sp³-hybridized carbons (Fsp3) is 0.455. The summed E-state index contributed by atoms with van der Waals surface area (Å²) in [5, 5.41) is 9.61. The molecule has 0 radical (unpaired) electrons. The van der Waals surface area contributed by atoms with Crippen LogP contribution < -0.4 is 0 Å². The quantitative estimate of drug-likeness (QED) is 0.872. The van der Waals surface area contributed by atoms with Crippen molar-refractivity contribution in [1.82, 2.24) is 9.88 Å². The minimum Gasteiger partial charge on any atom is -0.393 e. The summed E-state index contributed by atoms with van der Waals surface area (Å²) in [5.74, 6) is -0.192. The summed E-state index contributed by atoms with van der Waals surface area (Å²) in [6.45, 7) is 2.18. The molecule has 1 heterocycles. The Labute approximate surface area is 99.9 Å². The molecule has 1 atom stereocenters. The molecule has 0 aliphatic heterocycles. The highest BCUT2D eigenvalue weighted by molar-refractivity contribution is 6.30. The summed E-state index contributed by atoms with van der Waals surface area (Å²) in [4.78, 5) is 17.3. The van der Waals surface area contributed by atoms with Gasteiger partial charge in [-0.15, -0.1) is 0 Å². The van der Waals surface area contributed by atoms with E-state index in [1.54, 1.807) is 20.0 Å². The van der Waals surface area contributed by atoms with Crippen molar-refractivity contribution in [2.24, 2.45) is 0 Å². The summed E-state index contributed by atoms with van der Waals surface area (Å²) in [7, 11) is 1.67. The van der Waals surface area contributed by atoms with Gasteiger partial charge in [0.15, 0.2) is 0 Å². The molecule has 4 nitrogen and oxygen atoms in total. The lowest BCUT2D eigenvalue weighted by atomic mass is 10.2. The van der Waals surface area contributed by atoms with Gasteiger partial charge in [0.25, 0.3) is 5.91 Å². The number of aliphatic hydroxyl groups excluding tert-OH is 1. The monoisotopic (exact) mass is 242 g/mol. The number of hydrogen-bond acceptors (Lipinski definition) is 3. The van der Waals surface area contributed by atoms with Gasteiger partial charge in [-0.05, 0) is 25.5 Å². The molecule has 0 aliphatic rings. The molecule has 0 saturated heterocycles. The zero-order chi connectivity index (χ0) is 12.1. The van der Waals surface area contributed by atoms with Crippen molar-refractivity contribution in [1.29, 1.82) is 0 Å². The summed E-state index contributed by atoms with van der Waals surface area (Å²) in [5.41, 5.74) is 0.320. The first kappa shape index (κ1) is 12.9. The van der Waals surface area contributed by atoms with Crippen LogP contribution in [0.2, 0.25) is 5.02 Å². The van der Waals surface area contributed by atoms with Crippen LogP contribution in [0.3, 0.4) is 0 Å². The third-order valence-corrected chi connectivity index (χ3v) is 2.41. The van der Waals surface area contributed by atoms with Crippen LogP contribution in [0.15, 0.2) is 18.3 Å². The van der Waals surface area contributed by atoms with E-state index < -0.39 is 6.10 Å². The van der Waals surface area contributed by atoms with Gasteiger partial charge in [0.1, 0.15) is 5.69 Å². The van der Waals surface area contributed by atoms with Gasteiger partial charge in [-0.3, -0.25) is 9.78 Å². The molecule has 88 valence electrons. The normalized spacial score (nSPS) is 12.2. The maximum Gasteiger partial charge on any atom is 0.272 e. The van der Waals surface area contributed by atoms with Crippen molar-refractivity contribution in [3.63, 3.8) is 0 Å². The van der Waals surface area contributed by atoms with Crippen molar-refractivity contribution in [2.45, 2.75) is 19.4 Å². The van der Waals surface area contributed by atoms with Crippen molar-refractivity contribution in [3.05, 3.63) is 29.0 Å². The van der Waals surface area contributed by atoms with Crippen LogP contribution in [0.25, 0.3) is 0 Å². The van der Waals surface area contributed by atoms with Gasteiger partial charge in [-0.25, -0.2) is 0 Å². The Bertz CT molecular complexity index is 369. The maximum atomic E-state index is 11.8. The number of rotatable bonds is 4. The molecular formula is C11H15ClN2O2. The maximum absolute atomic E-state index is 11.8. The number of aliphatic hydroxyl groups is 1. The average molecular weight is 243 g/mol. The molecule has 1 unspecified atom stereocenters. The van der Waals surface area contributed by atoms with E-state index in [0.29, 0.717) is 23.7 Å². The van der Waals surface area contributed by atoms with Crippen LogP contribution in [0, 0.1) is 0 Å². The molecule has 0 saturated carbocycles. The van der Waals surface area contributed by atoms with Gasteiger partial charge in [0.2, 0.25) is 0 Å². The Morgan fingerprint density at radius 2 is 2.38 bits per heavy atom. The SMILES string of the molecule is CC(O)CCN(C)C(=O)c1cc(Cl)ccn1. The second-order valence-electron chi connectivity index (χ2n) is 3.72. The first-order chi connectivity index (χ1) is 7.50. The number of aromatic nitrogens is 1. The van der Waals surface area contributed by atoms with Crippen LogP contribution in [0.1, 0.15) is 23.8 Å². The van der Waals surface area contributed by atoms with Gasteiger partial charge < -0.3 is 10.0 Å². The fourth-order valence-corrected chi connectivity index (χ4v) is 1.36. The number of amides is 1. The topological polar surface area (TPSA) is 53.4 Å². The van der Waals surface area contributed by atoms with E-state index in [0.717, 1.165) is 0 Å². The van der Waals surface area contributed by atoms with Crippen molar-refractivity contribution < 1.29 is 9.90 Å². The molecule has 0 aromatic carbocycles. The number of hydrogen-bond donors (Lipinski definition) is 1. The molecule has 0 fully saturated rings. The number of halogens is 1. The van der Waals surface area contributed by atoms with E-state index in [2.05, 4.69) is 4.98 Å². The molecule has 0 spiro atoms. The van der Waals surface area contributed by atoms with Crippen LogP contribution in [-0.2, 0) is 0 Å². The van der Waals surface area contributed by atoms with E-state index in [-0.39, 0.29) is 5.91 Å². The van der Waals surface area contributed by atoms with Gasteiger partial charge in [0.05, 0.1) is 6.10 Å². The average Bonchev–Trinajstić information content (AvgIpc) is 2.24. The second kappa shape index (κ2) is 5.82. The smallest absolute Gasteiger partial charge is 0.272 e. The Morgan fingerprint density at radius 3 is 2.94 bits per heavy atom. The first-order valence-electron chi connectivity index (χ1n) is 5.06. The predicted octanol–water partition coefficient (Wildman–Crippen LogP) is 1.58. The van der Waals surface area contributed by atoms with Crippen LogP contribution >= 0.6 is 11.6 Å². The molecule has 1 rings (SSSR count). The summed E-state index contributed by atoms with van der Waals surface area (Å²) in [6, 6.07) is 3.15. The van der Waals surface area contributed by atoms with Crippen LogP contribution in [-0.4, -0.2) is 40.6 Å². The zero-order valence-electron chi connectivity index (χ0n) is 9.35. The second-order valence-corrected chi connectivity index (χ2v) is 4.16. The van der Waals surface area contributed by atoms with Crippen molar-refractivity contribution >= 4 is 17.5 Å². The van der Waals surface area contributed by atoms with Crippen LogP contribution in [0.5, 0.6) is 0 Å². The molecule has 0 aliphatic carbocycles. The molecule has 1 amide bonds. The van der Waals surface area contributed by atoms with Crippen molar-refractivity contribution in [2.75, 3.05) is 13.6 Å². The minimum absolute atomic E-state index is 0.192. The van der Waals surface area contributed by atoms with Gasteiger partial charge in [-0.2, -0.15) is 0 Å². The third-order valence-electron chi connectivity index (χ3n) is 2.17. The van der Waals surface area contributed by atoms with E-state index in [1.807, 2.05) is 0 Å². The summed E-state index contributed by atoms with van der Waals surface area (Å²) >= 11 is 5.77. The minimum atomic E-state index is -0.414. The number of nitrogens with zero attached hydrogens (tertiary/aromatic N) is 2. The molecule has 1 N–H and O–H groups in total. The zero-order valence-corrected chi connectivity index (χ0v) is 10.1. The lowest BCUT2D eigenvalue weighted by molar-refractivity contribution is 0.0763. The van der Waals surface area contributed by atoms with Crippen LogP contribution in [0.4, 0.5) is 0 Å². The van der Waals surface area contributed by atoms with Gasteiger partial charge in [-0.1, -0.05) is 11.6 Å². The van der Waals surface area contributed by atoms with E-state index >= 15 is 0 Å². The molecule has 16 heavy (non-hydrogen) atoms. The largest absolute Gasteiger partial charge is 0.393 e. The Balaban J connectivity index is 2.63. The molecular weight excluding hydrogens is 228 g/mol. The highest BCUT2D eigenvalue weighted by Gasteiger charge is 2.13. The standard InChI is InChI=1S/C11H15ClN2O2/c1-8(15)4-6-14(2)11(16)10-7-9(12)3-5-13-10/h3,5,7-8,15H,4,6H2,1-2H3. The number of carbonyl (C=O) groups is 1. The number of carbonyl (C=O) groups excluding carboxylic acids is 1. The third kappa shape index (κ3) is 3.79. The molecule has 1 aromatic heterocycles.